The molecule has 0 aliphatic rings. The zero-order chi connectivity index (χ0) is 14.3. The van der Waals surface area contributed by atoms with E-state index < -0.39 is 0 Å². The van der Waals surface area contributed by atoms with Crippen LogP contribution < -0.4 is 11.1 Å². The van der Waals surface area contributed by atoms with Crippen LogP contribution in [0, 0.1) is 0 Å². The Labute approximate surface area is 112 Å². The summed E-state index contributed by atoms with van der Waals surface area (Å²) >= 11 is 0. The van der Waals surface area contributed by atoms with Gasteiger partial charge in [0.1, 0.15) is 0 Å². The number of hydrogen-bond donors (Lipinski definition) is 3. The third kappa shape index (κ3) is 4.59. The molecule has 0 bridgehead atoms. The number of benzene rings is 1. The summed E-state index contributed by atoms with van der Waals surface area (Å²) in [5.74, 6) is -0.183. The summed E-state index contributed by atoms with van der Waals surface area (Å²) in [6.07, 6.45) is 0. The maximum atomic E-state index is 11.9. The summed E-state index contributed by atoms with van der Waals surface area (Å²) in [7, 11) is 1.99. The Morgan fingerprint density at radius 1 is 1.47 bits per heavy atom. The number of carbonyl (C=O) groups excluding carboxylic acids is 1. The zero-order valence-electron chi connectivity index (χ0n) is 11.3. The van der Waals surface area contributed by atoms with Crippen molar-refractivity contribution in [2.75, 3.05) is 26.7 Å². The van der Waals surface area contributed by atoms with E-state index in [0.717, 1.165) is 13.1 Å². The van der Waals surface area contributed by atoms with Crippen LogP contribution in [-0.2, 0) is 0 Å². The van der Waals surface area contributed by atoms with E-state index >= 15 is 0 Å². The Kier molecular flexibility index (Phi) is 5.81. The SMILES string of the molecule is CCN(C)CCNC(=O)c1cccc(C(N)=NO)c1. The van der Waals surface area contributed by atoms with Gasteiger partial charge < -0.3 is 21.2 Å². The number of hydrogen-bond acceptors (Lipinski definition) is 4. The first kappa shape index (κ1) is 15.0. The van der Waals surface area contributed by atoms with Crippen LogP contribution in [0.15, 0.2) is 29.4 Å². The quantitative estimate of drug-likeness (QED) is 0.301. The molecular weight excluding hydrogens is 244 g/mol. The molecule has 1 aromatic rings. The van der Waals surface area contributed by atoms with Crippen LogP contribution >= 0.6 is 0 Å². The fourth-order valence-corrected chi connectivity index (χ4v) is 1.50. The molecule has 0 spiro atoms. The molecule has 19 heavy (non-hydrogen) atoms. The Balaban J connectivity index is 2.62. The minimum absolute atomic E-state index is 0.0135. The molecule has 0 fully saturated rings. The van der Waals surface area contributed by atoms with Crippen LogP contribution in [0.2, 0.25) is 0 Å². The average molecular weight is 264 g/mol. The molecular formula is C13H20N4O2. The van der Waals surface area contributed by atoms with Crippen LogP contribution in [0.5, 0.6) is 0 Å². The zero-order valence-corrected chi connectivity index (χ0v) is 11.3. The topological polar surface area (TPSA) is 91.0 Å². The molecule has 104 valence electrons. The lowest BCUT2D eigenvalue weighted by Crippen LogP contribution is -2.33. The van der Waals surface area contributed by atoms with E-state index in [1.165, 1.54) is 0 Å². The van der Waals surface area contributed by atoms with Crippen molar-refractivity contribution in [3.8, 4) is 0 Å². The smallest absolute Gasteiger partial charge is 0.251 e. The summed E-state index contributed by atoms with van der Waals surface area (Å²) in [5, 5.41) is 14.3. The van der Waals surface area contributed by atoms with E-state index in [0.29, 0.717) is 17.7 Å². The van der Waals surface area contributed by atoms with Crippen molar-refractivity contribution in [3.05, 3.63) is 35.4 Å². The predicted octanol–water partition coefficient (Wildman–Crippen LogP) is 0.463. The Hall–Kier alpha value is -2.08. The molecule has 0 radical (unpaired) electrons. The maximum absolute atomic E-state index is 11.9. The van der Waals surface area contributed by atoms with Gasteiger partial charge in [0.2, 0.25) is 0 Å². The van der Waals surface area contributed by atoms with Crippen molar-refractivity contribution >= 4 is 11.7 Å². The molecule has 1 rings (SSSR count). The van der Waals surface area contributed by atoms with E-state index in [2.05, 4.69) is 22.3 Å². The highest BCUT2D eigenvalue weighted by Gasteiger charge is 2.07. The molecule has 1 amide bonds. The second-order valence-corrected chi connectivity index (χ2v) is 4.22. The lowest BCUT2D eigenvalue weighted by molar-refractivity contribution is 0.0950. The lowest BCUT2D eigenvalue weighted by atomic mass is 10.1. The van der Waals surface area contributed by atoms with Gasteiger partial charge in [-0.05, 0) is 25.7 Å². The fourth-order valence-electron chi connectivity index (χ4n) is 1.50. The van der Waals surface area contributed by atoms with Crippen molar-refractivity contribution < 1.29 is 10.0 Å². The number of carbonyl (C=O) groups is 1. The number of amides is 1. The van der Waals surface area contributed by atoms with Crippen molar-refractivity contribution in [2.24, 2.45) is 10.9 Å². The normalized spacial score (nSPS) is 11.6. The number of likely N-dealkylation sites (N-methyl/N-ethyl adjacent to an activating group) is 1. The number of rotatable bonds is 6. The lowest BCUT2D eigenvalue weighted by Gasteiger charge is -2.14. The van der Waals surface area contributed by atoms with E-state index in [1.807, 2.05) is 7.05 Å². The van der Waals surface area contributed by atoms with Gasteiger partial charge in [-0.25, -0.2) is 0 Å². The molecule has 6 nitrogen and oxygen atoms in total. The molecule has 0 heterocycles. The predicted molar refractivity (Wildman–Crippen MR) is 74.5 cm³/mol. The van der Waals surface area contributed by atoms with Gasteiger partial charge in [0.05, 0.1) is 0 Å². The minimum atomic E-state index is -0.169. The summed E-state index contributed by atoms with van der Waals surface area (Å²) in [5.41, 5.74) is 6.49. The number of nitrogens with one attached hydrogen (secondary N) is 1. The largest absolute Gasteiger partial charge is 0.409 e. The van der Waals surface area contributed by atoms with E-state index in [9.17, 15) is 4.79 Å². The molecule has 1 aromatic carbocycles. The highest BCUT2D eigenvalue weighted by atomic mass is 16.4. The Bertz CT molecular complexity index is 460. The molecule has 4 N–H and O–H groups in total. The van der Waals surface area contributed by atoms with Gasteiger partial charge in [0.15, 0.2) is 5.84 Å². The molecule has 0 aliphatic carbocycles. The molecule has 0 aliphatic heterocycles. The van der Waals surface area contributed by atoms with Crippen molar-refractivity contribution in [1.82, 2.24) is 10.2 Å². The fraction of sp³-hybridized carbons (Fsp3) is 0.385. The van der Waals surface area contributed by atoms with Gasteiger partial charge in [0.25, 0.3) is 5.91 Å². The van der Waals surface area contributed by atoms with Crippen LogP contribution in [0.1, 0.15) is 22.8 Å². The highest BCUT2D eigenvalue weighted by Crippen LogP contribution is 2.05. The van der Waals surface area contributed by atoms with Gasteiger partial charge in [-0.2, -0.15) is 0 Å². The molecule has 0 saturated carbocycles. The Morgan fingerprint density at radius 3 is 2.79 bits per heavy atom. The van der Waals surface area contributed by atoms with Gasteiger partial charge in [-0.15, -0.1) is 0 Å². The monoisotopic (exact) mass is 264 g/mol. The van der Waals surface area contributed by atoms with Crippen LogP contribution in [0.25, 0.3) is 0 Å². The summed E-state index contributed by atoms with van der Waals surface area (Å²) in [6.45, 7) is 4.37. The summed E-state index contributed by atoms with van der Waals surface area (Å²) in [6, 6.07) is 6.65. The third-order valence-electron chi connectivity index (χ3n) is 2.85. The van der Waals surface area contributed by atoms with Crippen LogP contribution in [-0.4, -0.2) is 48.5 Å². The average Bonchev–Trinajstić information content (AvgIpc) is 2.46. The van der Waals surface area contributed by atoms with Crippen molar-refractivity contribution in [2.45, 2.75) is 6.92 Å². The Morgan fingerprint density at radius 2 is 2.16 bits per heavy atom. The second kappa shape index (κ2) is 7.38. The molecule has 6 heteroatoms. The molecule has 0 atom stereocenters. The first-order chi connectivity index (χ1) is 9.08. The molecule has 0 unspecified atom stereocenters. The molecule has 0 saturated heterocycles. The second-order valence-electron chi connectivity index (χ2n) is 4.22. The van der Waals surface area contributed by atoms with Gasteiger partial charge in [-0.3, -0.25) is 4.79 Å². The van der Waals surface area contributed by atoms with Gasteiger partial charge in [0, 0.05) is 24.2 Å². The van der Waals surface area contributed by atoms with Crippen molar-refractivity contribution in [3.63, 3.8) is 0 Å². The van der Waals surface area contributed by atoms with E-state index in [-0.39, 0.29) is 11.7 Å². The van der Waals surface area contributed by atoms with Crippen LogP contribution in [0.3, 0.4) is 0 Å². The van der Waals surface area contributed by atoms with Gasteiger partial charge >= 0.3 is 0 Å². The van der Waals surface area contributed by atoms with Gasteiger partial charge in [-0.1, -0.05) is 24.2 Å². The third-order valence-corrected chi connectivity index (χ3v) is 2.85. The number of nitrogens with zero attached hydrogens (tertiary/aromatic N) is 2. The first-order valence-electron chi connectivity index (χ1n) is 6.13. The van der Waals surface area contributed by atoms with Crippen molar-refractivity contribution in [1.29, 1.82) is 0 Å². The maximum Gasteiger partial charge on any atom is 0.251 e. The number of nitrogens with two attached hydrogens (primary N) is 1. The van der Waals surface area contributed by atoms with Crippen LogP contribution in [0.4, 0.5) is 0 Å². The summed E-state index contributed by atoms with van der Waals surface area (Å²) in [4.78, 5) is 14.0. The molecule has 0 aromatic heterocycles. The standard InChI is InChI=1S/C13H20N4O2/c1-3-17(2)8-7-15-13(18)11-6-4-5-10(9-11)12(14)16-19/h4-6,9,19H,3,7-8H2,1-2H3,(H2,14,16)(H,15,18). The van der Waals surface area contributed by atoms with E-state index in [4.69, 9.17) is 10.9 Å². The van der Waals surface area contributed by atoms with E-state index in [1.54, 1.807) is 24.3 Å². The number of oxime groups is 1. The highest BCUT2D eigenvalue weighted by molar-refractivity contribution is 6.01. The minimum Gasteiger partial charge on any atom is -0.409 e. The first-order valence-corrected chi connectivity index (χ1v) is 6.13. The summed E-state index contributed by atoms with van der Waals surface area (Å²) < 4.78 is 0. The number of amidine groups is 1.